The predicted molar refractivity (Wildman–Crippen MR) is 115 cm³/mol. The number of rotatable bonds is 5. The second-order valence-electron chi connectivity index (χ2n) is 7.83. The van der Waals surface area contributed by atoms with Gasteiger partial charge in [-0.15, -0.1) is 0 Å². The molecule has 2 aromatic heterocycles. The lowest BCUT2D eigenvalue weighted by Gasteiger charge is -2.10. The monoisotopic (exact) mass is 398 g/mol. The number of esters is 1. The molecule has 1 aliphatic carbocycles. The van der Waals surface area contributed by atoms with Crippen LogP contribution in [-0.2, 0) is 4.74 Å². The molecular formula is C25H22N2O3. The maximum Gasteiger partial charge on any atom is 0.342 e. The van der Waals surface area contributed by atoms with Gasteiger partial charge in [-0.3, -0.25) is 4.79 Å². The fourth-order valence-corrected chi connectivity index (χ4v) is 4.03. The minimum absolute atomic E-state index is 0.149. The van der Waals surface area contributed by atoms with Gasteiger partial charge in [0.2, 0.25) is 5.78 Å². The van der Waals surface area contributed by atoms with E-state index in [1.54, 1.807) is 31.2 Å². The molecular weight excluding hydrogens is 376 g/mol. The minimum atomic E-state index is -0.512. The maximum absolute atomic E-state index is 13.4. The third-order valence-electron chi connectivity index (χ3n) is 5.62. The third-order valence-corrected chi connectivity index (χ3v) is 5.62. The number of ether oxygens (including phenoxy) is 1. The normalized spacial score (nSPS) is 13.7. The number of hydrogen-bond acceptors (Lipinski definition) is 4. The number of nitrogens with zero attached hydrogens (tertiary/aromatic N) is 2. The highest BCUT2D eigenvalue weighted by Crippen LogP contribution is 2.42. The Morgan fingerprint density at radius 2 is 1.87 bits per heavy atom. The van der Waals surface area contributed by atoms with Gasteiger partial charge in [0.15, 0.2) is 0 Å². The second kappa shape index (κ2) is 7.10. The summed E-state index contributed by atoms with van der Waals surface area (Å²) in [7, 11) is 0. The van der Waals surface area contributed by atoms with Gasteiger partial charge >= 0.3 is 5.97 Å². The Hall–Kier alpha value is -3.47. The molecule has 5 heteroatoms. The Kier molecular flexibility index (Phi) is 4.39. The molecule has 5 rings (SSSR count). The highest BCUT2D eigenvalue weighted by Gasteiger charge is 2.32. The summed E-state index contributed by atoms with van der Waals surface area (Å²) >= 11 is 0. The van der Waals surface area contributed by atoms with Crippen LogP contribution >= 0.6 is 0 Å². The van der Waals surface area contributed by atoms with E-state index < -0.39 is 5.97 Å². The Morgan fingerprint density at radius 3 is 2.57 bits per heavy atom. The smallest absolute Gasteiger partial charge is 0.342 e. The van der Waals surface area contributed by atoms with Crippen LogP contribution in [0, 0.1) is 6.92 Å². The van der Waals surface area contributed by atoms with E-state index in [2.05, 4.69) is 18.2 Å². The Labute approximate surface area is 174 Å². The van der Waals surface area contributed by atoms with Gasteiger partial charge in [-0.05, 0) is 44.2 Å². The second-order valence-corrected chi connectivity index (χ2v) is 7.83. The lowest BCUT2D eigenvalue weighted by Crippen LogP contribution is -2.12. The molecule has 0 saturated heterocycles. The topological polar surface area (TPSA) is 60.7 Å². The summed E-state index contributed by atoms with van der Waals surface area (Å²) < 4.78 is 7.18. The lowest BCUT2D eigenvalue weighted by atomic mass is 10.0. The van der Waals surface area contributed by atoms with Crippen molar-refractivity contribution in [3.63, 3.8) is 0 Å². The van der Waals surface area contributed by atoms with Crippen LogP contribution in [0.5, 0.6) is 0 Å². The summed E-state index contributed by atoms with van der Waals surface area (Å²) in [6.07, 6.45) is 2.17. The summed E-state index contributed by atoms with van der Waals surface area (Å²) in [6.45, 7) is 4.01. The first-order valence-corrected chi connectivity index (χ1v) is 10.3. The molecule has 4 aromatic rings. The van der Waals surface area contributed by atoms with E-state index in [9.17, 15) is 9.59 Å². The van der Waals surface area contributed by atoms with Gasteiger partial charge in [0.05, 0.1) is 12.1 Å². The van der Waals surface area contributed by atoms with Crippen molar-refractivity contribution in [3.05, 3.63) is 82.7 Å². The Balaban J connectivity index is 1.88. The summed E-state index contributed by atoms with van der Waals surface area (Å²) in [5.74, 6) is -0.389. The Morgan fingerprint density at radius 1 is 1.10 bits per heavy atom. The first-order chi connectivity index (χ1) is 14.6. The van der Waals surface area contributed by atoms with Gasteiger partial charge in [-0.1, -0.05) is 48.0 Å². The molecule has 2 aromatic carbocycles. The summed E-state index contributed by atoms with van der Waals surface area (Å²) in [6, 6.07) is 17.3. The van der Waals surface area contributed by atoms with Crippen molar-refractivity contribution >= 4 is 28.0 Å². The predicted octanol–water partition coefficient (Wildman–Crippen LogP) is 5.08. The van der Waals surface area contributed by atoms with E-state index in [-0.39, 0.29) is 23.6 Å². The average molecular weight is 398 g/mol. The van der Waals surface area contributed by atoms with E-state index in [1.165, 1.54) is 0 Å². The zero-order chi connectivity index (χ0) is 20.8. The lowest BCUT2D eigenvalue weighted by molar-refractivity contribution is 0.0526. The number of carbonyl (C=O) groups excluding carboxylic acids is 2. The molecule has 30 heavy (non-hydrogen) atoms. The van der Waals surface area contributed by atoms with Crippen molar-refractivity contribution in [2.75, 3.05) is 6.61 Å². The number of carbonyl (C=O) groups is 2. The highest BCUT2D eigenvalue weighted by atomic mass is 16.5. The third kappa shape index (κ3) is 2.98. The van der Waals surface area contributed by atoms with Gasteiger partial charge in [0, 0.05) is 22.6 Å². The van der Waals surface area contributed by atoms with Gasteiger partial charge < -0.3 is 4.74 Å². The van der Waals surface area contributed by atoms with Crippen molar-refractivity contribution < 1.29 is 14.3 Å². The van der Waals surface area contributed by atoms with Crippen molar-refractivity contribution in [1.82, 2.24) is 9.61 Å². The number of aromatic nitrogens is 2. The number of hydrogen-bond donors (Lipinski definition) is 0. The quantitative estimate of drug-likeness (QED) is 0.347. The molecule has 150 valence electrons. The molecule has 1 saturated carbocycles. The maximum atomic E-state index is 13.4. The molecule has 2 heterocycles. The number of aryl methyl sites for hydroxylation is 1. The van der Waals surface area contributed by atoms with Crippen LogP contribution in [-0.4, -0.2) is 28.0 Å². The van der Waals surface area contributed by atoms with Crippen molar-refractivity contribution in [2.24, 2.45) is 0 Å². The Bertz CT molecular complexity index is 1300. The molecule has 0 unspecified atom stereocenters. The van der Waals surface area contributed by atoms with Crippen LogP contribution in [0.3, 0.4) is 0 Å². The van der Waals surface area contributed by atoms with Gasteiger partial charge in [-0.2, -0.15) is 5.10 Å². The SMILES string of the molecule is CCOC(=O)c1c(C(=O)c2ccccc2)nn2c(C3CC3)cc3ccc(C)cc3c12. The van der Waals surface area contributed by atoms with Crippen molar-refractivity contribution in [1.29, 1.82) is 0 Å². The molecule has 1 fully saturated rings. The molecule has 0 aliphatic heterocycles. The zero-order valence-corrected chi connectivity index (χ0v) is 17.0. The molecule has 5 nitrogen and oxygen atoms in total. The largest absolute Gasteiger partial charge is 0.462 e. The zero-order valence-electron chi connectivity index (χ0n) is 17.0. The highest BCUT2D eigenvalue weighted by molar-refractivity contribution is 6.18. The summed E-state index contributed by atoms with van der Waals surface area (Å²) in [5, 5.41) is 6.65. The van der Waals surface area contributed by atoms with Crippen molar-refractivity contribution in [2.45, 2.75) is 32.6 Å². The standard InChI is InChI=1S/C25H22N2O3/c1-3-30-25(29)21-22(24(28)17-7-5-4-6-8-17)26-27-20(16-11-12-16)14-18-10-9-15(2)13-19(18)23(21)27/h4-10,13-14,16H,3,11-12H2,1-2H3. The molecule has 0 radical (unpaired) electrons. The van der Waals surface area contributed by atoms with E-state index in [4.69, 9.17) is 9.84 Å². The molecule has 0 amide bonds. The average Bonchev–Trinajstić information content (AvgIpc) is 3.52. The van der Waals surface area contributed by atoms with E-state index >= 15 is 0 Å². The van der Waals surface area contributed by atoms with E-state index in [0.717, 1.165) is 34.9 Å². The fraction of sp³-hybridized carbons (Fsp3) is 0.240. The van der Waals surface area contributed by atoms with Crippen LogP contribution in [0.1, 0.15) is 63.4 Å². The number of ketones is 1. The van der Waals surface area contributed by atoms with Crippen LogP contribution in [0.25, 0.3) is 16.3 Å². The number of benzene rings is 2. The summed E-state index contributed by atoms with van der Waals surface area (Å²) in [4.78, 5) is 26.4. The molecule has 0 spiro atoms. The van der Waals surface area contributed by atoms with Gasteiger partial charge in [-0.25, -0.2) is 9.31 Å². The van der Waals surface area contributed by atoms with Crippen LogP contribution in [0.4, 0.5) is 0 Å². The molecule has 0 bridgehead atoms. The van der Waals surface area contributed by atoms with Crippen molar-refractivity contribution in [3.8, 4) is 0 Å². The van der Waals surface area contributed by atoms with Crippen LogP contribution < -0.4 is 0 Å². The molecule has 0 atom stereocenters. The van der Waals surface area contributed by atoms with Crippen LogP contribution in [0.15, 0.2) is 54.6 Å². The minimum Gasteiger partial charge on any atom is -0.462 e. The van der Waals surface area contributed by atoms with Crippen LogP contribution in [0.2, 0.25) is 0 Å². The van der Waals surface area contributed by atoms with E-state index in [1.807, 2.05) is 23.6 Å². The van der Waals surface area contributed by atoms with Gasteiger partial charge in [0.25, 0.3) is 0 Å². The summed E-state index contributed by atoms with van der Waals surface area (Å²) in [5.41, 5.74) is 3.68. The van der Waals surface area contributed by atoms with Gasteiger partial charge in [0.1, 0.15) is 11.3 Å². The first-order valence-electron chi connectivity index (χ1n) is 10.3. The molecule has 0 N–H and O–H groups in total. The first kappa shape index (κ1) is 18.6. The molecule has 1 aliphatic rings. The fourth-order valence-electron chi connectivity index (χ4n) is 4.03. The number of pyridine rings is 1. The number of fused-ring (bicyclic) bond motifs is 3. The van der Waals surface area contributed by atoms with E-state index in [0.29, 0.717) is 17.0 Å².